The van der Waals surface area contributed by atoms with E-state index in [-0.39, 0.29) is 18.0 Å². The molecule has 0 amide bonds. The van der Waals surface area contributed by atoms with Crippen LogP contribution in [0.1, 0.15) is 20.3 Å². The minimum Gasteiger partial charge on any atom is -0.480 e. The Hall–Kier alpha value is -3.54. The summed E-state index contributed by atoms with van der Waals surface area (Å²) in [6.07, 6.45) is 0.195. The van der Waals surface area contributed by atoms with Gasteiger partial charge in [0.2, 0.25) is 9.84 Å². The molecule has 0 fully saturated rings. The summed E-state index contributed by atoms with van der Waals surface area (Å²) < 4.78 is 25.6. The molecule has 30 heavy (non-hydrogen) atoms. The number of benzene rings is 2. The van der Waals surface area contributed by atoms with Crippen molar-refractivity contribution in [2.75, 3.05) is 5.32 Å². The van der Waals surface area contributed by atoms with Gasteiger partial charge in [0.15, 0.2) is 0 Å². The van der Waals surface area contributed by atoms with Crippen molar-refractivity contribution in [1.82, 2.24) is 0 Å². The fourth-order valence-corrected chi connectivity index (χ4v) is 4.05. The van der Waals surface area contributed by atoms with E-state index < -0.39 is 52.9 Å². The van der Waals surface area contributed by atoms with Gasteiger partial charge in [-0.3, -0.25) is 20.2 Å². The number of nitrogens with zero attached hydrogens (tertiary/aromatic N) is 2. The number of rotatable bonds is 9. The summed E-state index contributed by atoms with van der Waals surface area (Å²) in [7, 11) is -4.28. The van der Waals surface area contributed by atoms with Gasteiger partial charge in [-0.25, -0.2) is 13.2 Å². The number of carboxylic acid groups (broad SMARTS) is 1. The zero-order chi connectivity index (χ0) is 22.6. The van der Waals surface area contributed by atoms with E-state index in [2.05, 4.69) is 5.32 Å². The summed E-state index contributed by atoms with van der Waals surface area (Å²) in [5.41, 5.74) is -1.22. The number of carboxylic acids is 1. The molecule has 1 unspecified atom stereocenters. The largest absolute Gasteiger partial charge is 0.480 e. The molecule has 11 nitrogen and oxygen atoms in total. The van der Waals surface area contributed by atoms with Gasteiger partial charge in [-0.15, -0.1) is 0 Å². The zero-order valence-corrected chi connectivity index (χ0v) is 16.8. The molecule has 0 heterocycles. The van der Waals surface area contributed by atoms with Crippen molar-refractivity contribution in [3.05, 3.63) is 62.7 Å². The van der Waals surface area contributed by atoms with Gasteiger partial charge in [-0.2, -0.15) is 0 Å². The highest BCUT2D eigenvalue weighted by molar-refractivity contribution is 7.91. The van der Waals surface area contributed by atoms with Gasteiger partial charge in [0.1, 0.15) is 11.7 Å². The monoisotopic (exact) mass is 437 g/mol. The molecule has 0 spiro atoms. The first-order valence-corrected chi connectivity index (χ1v) is 10.2. The molecular formula is C18H19N3O8S. The molecule has 1 atom stereocenters. The highest BCUT2D eigenvalue weighted by atomic mass is 32.2. The lowest BCUT2D eigenvalue weighted by molar-refractivity contribution is -0.385. The van der Waals surface area contributed by atoms with Crippen LogP contribution in [0.5, 0.6) is 0 Å². The number of sulfone groups is 1. The first-order chi connectivity index (χ1) is 13.9. The molecule has 0 aliphatic carbocycles. The average molecular weight is 437 g/mol. The highest BCUT2D eigenvalue weighted by Crippen LogP contribution is 2.32. The van der Waals surface area contributed by atoms with Crippen molar-refractivity contribution in [2.24, 2.45) is 5.92 Å². The van der Waals surface area contributed by atoms with Crippen LogP contribution in [0.25, 0.3) is 0 Å². The minimum absolute atomic E-state index is 0.00817. The maximum Gasteiger partial charge on any atom is 0.326 e. The van der Waals surface area contributed by atoms with Gasteiger partial charge in [0.25, 0.3) is 11.4 Å². The third-order valence-corrected chi connectivity index (χ3v) is 5.90. The highest BCUT2D eigenvalue weighted by Gasteiger charge is 2.27. The number of nitrogens with one attached hydrogen (secondary N) is 1. The number of nitro groups is 2. The Morgan fingerprint density at radius 2 is 1.70 bits per heavy atom. The third-order valence-electron chi connectivity index (χ3n) is 4.15. The van der Waals surface area contributed by atoms with Gasteiger partial charge >= 0.3 is 5.97 Å². The topological polar surface area (TPSA) is 170 Å². The number of anilines is 1. The van der Waals surface area contributed by atoms with Crippen LogP contribution in [0.4, 0.5) is 17.1 Å². The summed E-state index contributed by atoms with van der Waals surface area (Å²) in [4.78, 5) is 31.4. The molecule has 0 aromatic heterocycles. The second-order valence-electron chi connectivity index (χ2n) is 6.86. The smallest absolute Gasteiger partial charge is 0.326 e. The second kappa shape index (κ2) is 8.86. The third kappa shape index (κ3) is 5.08. The van der Waals surface area contributed by atoms with E-state index in [1.54, 1.807) is 13.8 Å². The number of carbonyl (C=O) groups is 1. The quantitative estimate of drug-likeness (QED) is 0.441. The number of nitro benzene ring substituents is 2. The first-order valence-electron chi connectivity index (χ1n) is 8.70. The number of hydrogen-bond acceptors (Lipinski definition) is 8. The van der Waals surface area contributed by atoms with Gasteiger partial charge < -0.3 is 10.4 Å². The van der Waals surface area contributed by atoms with Crippen molar-refractivity contribution >= 4 is 32.9 Å². The Morgan fingerprint density at radius 3 is 2.23 bits per heavy atom. The molecule has 2 aromatic rings. The molecule has 0 aliphatic heterocycles. The predicted molar refractivity (Wildman–Crippen MR) is 106 cm³/mol. The van der Waals surface area contributed by atoms with E-state index in [9.17, 15) is 38.5 Å². The fourth-order valence-electron chi connectivity index (χ4n) is 2.73. The summed E-state index contributed by atoms with van der Waals surface area (Å²) in [6.45, 7) is 3.58. The number of hydrogen-bond donors (Lipinski definition) is 2. The second-order valence-corrected chi connectivity index (χ2v) is 8.81. The Labute approximate surface area is 171 Å². The van der Waals surface area contributed by atoms with Crippen LogP contribution in [0, 0.1) is 26.1 Å². The SMILES string of the molecule is CC(C)CC(Nc1ccc(S(=O)(=O)c2cccc([N+](=O)[O-])c2)cc1[N+](=O)[O-])C(=O)O. The van der Waals surface area contributed by atoms with Crippen LogP contribution >= 0.6 is 0 Å². The Balaban J connectivity index is 2.50. The molecule has 0 radical (unpaired) electrons. The summed E-state index contributed by atoms with van der Waals surface area (Å²) in [5.74, 6) is -1.21. The first kappa shape index (κ1) is 22.7. The lowest BCUT2D eigenvalue weighted by Crippen LogP contribution is -2.31. The van der Waals surface area contributed by atoms with E-state index in [0.29, 0.717) is 0 Å². The molecule has 0 bridgehead atoms. The van der Waals surface area contributed by atoms with Gasteiger partial charge in [-0.05, 0) is 30.5 Å². The molecule has 12 heteroatoms. The maximum absolute atomic E-state index is 12.8. The molecule has 2 N–H and O–H groups in total. The van der Waals surface area contributed by atoms with E-state index in [1.165, 1.54) is 6.07 Å². The van der Waals surface area contributed by atoms with Crippen molar-refractivity contribution in [3.63, 3.8) is 0 Å². The van der Waals surface area contributed by atoms with Gasteiger partial charge in [0.05, 0.1) is 19.6 Å². The fraction of sp³-hybridized carbons (Fsp3) is 0.278. The average Bonchev–Trinajstić information content (AvgIpc) is 2.67. The van der Waals surface area contributed by atoms with Gasteiger partial charge in [-0.1, -0.05) is 19.9 Å². The Bertz CT molecular complexity index is 1100. The molecule has 0 saturated heterocycles. The van der Waals surface area contributed by atoms with Crippen molar-refractivity contribution in [1.29, 1.82) is 0 Å². The maximum atomic E-state index is 12.8. The predicted octanol–water partition coefficient (Wildman–Crippen LogP) is 3.25. The molecule has 160 valence electrons. The van der Waals surface area contributed by atoms with Crippen molar-refractivity contribution < 1.29 is 28.2 Å². The molecular weight excluding hydrogens is 418 g/mol. The van der Waals surface area contributed by atoms with Gasteiger partial charge in [0, 0.05) is 18.2 Å². The molecule has 2 aromatic carbocycles. The standard InChI is InChI=1S/C18H19N3O8S/c1-11(2)8-16(18(22)23)19-15-7-6-14(10-17(15)21(26)27)30(28,29)13-5-3-4-12(9-13)20(24)25/h3-7,9-11,16,19H,8H2,1-2H3,(H,22,23). The normalized spacial score (nSPS) is 12.4. The Morgan fingerprint density at radius 1 is 1.07 bits per heavy atom. The molecule has 0 saturated carbocycles. The van der Waals surface area contributed by atoms with Crippen LogP contribution in [0.2, 0.25) is 0 Å². The summed E-state index contributed by atoms with van der Waals surface area (Å²) >= 11 is 0. The lowest BCUT2D eigenvalue weighted by atomic mass is 10.0. The summed E-state index contributed by atoms with van der Waals surface area (Å²) in [5, 5.41) is 34.3. The molecule has 0 aliphatic rings. The van der Waals surface area contributed by atoms with Crippen molar-refractivity contribution in [3.8, 4) is 0 Å². The van der Waals surface area contributed by atoms with E-state index in [0.717, 1.165) is 36.4 Å². The summed E-state index contributed by atoms with van der Waals surface area (Å²) in [6, 6.07) is 6.19. The van der Waals surface area contributed by atoms with Crippen LogP contribution in [-0.4, -0.2) is 35.4 Å². The van der Waals surface area contributed by atoms with Crippen LogP contribution in [0.3, 0.4) is 0 Å². The number of non-ortho nitro benzene ring substituents is 1. The van der Waals surface area contributed by atoms with Crippen LogP contribution in [-0.2, 0) is 14.6 Å². The van der Waals surface area contributed by atoms with E-state index in [1.807, 2.05) is 0 Å². The van der Waals surface area contributed by atoms with Crippen LogP contribution < -0.4 is 5.32 Å². The molecule has 2 rings (SSSR count). The number of aliphatic carboxylic acids is 1. The van der Waals surface area contributed by atoms with E-state index >= 15 is 0 Å². The van der Waals surface area contributed by atoms with Crippen molar-refractivity contribution in [2.45, 2.75) is 36.1 Å². The zero-order valence-electron chi connectivity index (χ0n) is 16.0. The van der Waals surface area contributed by atoms with Crippen LogP contribution in [0.15, 0.2) is 52.3 Å². The Kier molecular flexibility index (Phi) is 6.72. The lowest BCUT2D eigenvalue weighted by Gasteiger charge is -2.18. The minimum atomic E-state index is -4.28. The van der Waals surface area contributed by atoms with E-state index in [4.69, 9.17) is 0 Å².